The number of ether oxygens (including phenoxy) is 3. The summed E-state index contributed by atoms with van der Waals surface area (Å²) in [6.45, 7) is 2.29. The molecule has 30 heavy (non-hydrogen) atoms. The highest BCUT2D eigenvalue weighted by molar-refractivity contribution is 6.30. The van der Waals surface area contributed by atoms with E-state index in [0.29, 0.717) is 36.2 Å². The molecule has 2 aromatic carbocycles. The number of hydrogen-bond acceptors (Lipinski definition) is 5. The van der Waals surface area contributed by atoms with E-state index in [9.17, 15) is 4.79 Å². The van der Waals surface area contributed by atoms with Gasteiger partial charge in [-0.05, 0) is 61.9 Å². The first-order valence-corrected chi connectivity index (χ1v) is 10.5. The van der Waals surface area contributed by atoms with Gasteiger partial charge in [-0.15, -0.1) is 0 Å². The lowest BCUT2D eigenvalue weighted by Gasteiger charge is -2.28. The molecule has 2 aromatic rings. The second-order valence-electron chi connectivity index (χ2n) is 7.40. The standard InChI is InChI=1S/C23H29ClN2O4/c1-25(13-14-30-19-9-7-18(24)8-10-19)16-23(27)26-12-4-5-20(26)17-6-11-21(28-2)22(15-17)29-3/h6-11,15,20H,4-5,12-14,16H2,1-3H3. The number of amides is 1. The van der Waals surface area contributed by atoms with E-state index >= 15 is 0 Å². The summed E-state index contributed by atoms with van der Waals surface area (Å²) in [6, 6.07) is 13.2. The maximum Gasteiger partial charge on any atom is 0.237 e. The zero-order valence-electron chi connectivity index (χ0n) is 17.8. The average Bonchev–Trinajstić information content (AvgIpc) is 3.24. The average molecular weight is 433 g/mol. The van der Waals surface area contributed by atoms with Gasteiger partial charge in [0.25, 0.3) is 0 Å². The Kier molecular flexibility index (Phi) is 7.82. The van der Waals surface area contributed by atoms with Gasteiger partial charge in [0, 0.05) is 18.1 Å². The maximum atomic E-state index is 13.0. The van der Waals surface area contributed by atoms with E-state index in [1.165, 1.54) is 0 Å². The number of rotatable bonds is 9. The van der Waals surface area contributed by atoms with Gasteiger partial charge in [0.15, 0.2) is 11.5 Å². The Labute approximate surface area is 183 Å². The highest BCUT2D eigenvalue weighted by atomic mass is 35.5. The minimum atomic E-state index is 0.0658. The van der Waals surface area contributed by atoms with Crippen molar-refractivity contribution in [3.8, 4) is 17.2 Å². The van der Waals surface area contributed by atoms with Crippen molar-refractivity contribution >= 4 is 17.5 Å². The van der Waals surface area contributed by atoms with Crippen LogP contribution in [0.1, 0.15) is 24.4 Å². The Hall–Kier alpha value is -2.44. The number of methoxy groups -OCH3 is 2. The molecule has 1 unspecified atom stereocenters. The van der Waals surface area contributed by atoms with Gasteiger partial charge in [-0.2, -0.15) is 0 Å². The van der Waals surface area contributed by atoms with Crippen molar-refractivity contribution in [1.29, 1.82) is 0 Å². The second-order valence-corrected chi connectivity index (χ2v) is 7.84. The van der Waals surface area contributed by atoms with Crippen molar-refractivity contribution in [1.82, 2.24) is 9.80 Å². The quantitative estimate of drug-likeness (QED) is 0.598. The first kappa shape index (κ1) is 22.2. The molecule has 0 saturated carbocycles. The lowest BCUT2D eigenvalue weighted by atomic mass is 10.0. The molecule has 1 heterocycles. The van der Waals surface area contributed by atoms with Gasteiger partial charge in [0.05, 0.1) is 26.8 Å². The Bertz CT molecular complexity index is 844. The van der Waals surface area contributed by atoms with Gasteiger partial charge >= 0.3 is 0 Å². The van der Waals surface area contributed by atoms with Gasteiger partial charge in [-0.3, -0.25) is 9.69 Å². The van der Waals surface area contributed by atoms with E-state index in [1.807, 2.05) is 47.2 Å². The van der Waals surface area contributed by atoms with Gasteiger partial charge in [-0.1, -0.05) is 17.7 Å². The Morgan fingerprint density at radius 1 is 1.13 bits per heavy atom. The van der Waals surface area contributed by atoms with E-state index in [-0.39, 0.29) is 11.9 Å². The monoisotopic (exact) mass is 432 g/mol. The number of hydrogen-bond donors (Lipinski definition) is 0. The number of carbonyl (C=O) groups is 1. The van der Waals surface area contributed by atoms with Crippen LogP contribution in [0.15, 0.2) is 42.5 Å². The zero-order valence-corrected chi connectivity index (χ0v) is 18.5. The smallest absolute Gasteiger partial charge is 0.237 e. The third-order valence-corrected chi connectivity index (χ3v) is 5.58. The summed E-state index contributed by atoms with van der Waals surface area (Å²) >= 11 is 5.88. The minimum absolute atomic E-state index is 0.0658. The summed E-state index contributed by atoms with van der Waals surface area (Å²) in [5, 5.41) is 0.680. The van der Waals surface area contributed by atoms with E-state index in [2.05, 4.69) is 0 Å². The van der Waals surface area contributed by atoms with Crippen LogP contribution in [0, 0.1) is 0 Å². The van der Waals surface area contributed by atoms with E-state index in [4.69, 9.17) is 25.8 Å². The molecule has 7 heteroatoms. The van der Waals surface area contributed by atoms with Crippen LogP contribution in [0.4, 0.5) is 0 Å². The highest BCUT2D eigenvalue weighted by Gasteiger charge is 2.30. The molecule has 1 saturated heterocycles. The lowest BCUT2D eigenvalue weighted by molar-refractivity contribution is -0.133. The summed E-state index contributed by atoms with van der Waals surface area (Å²) in [4.78, 5) is 16.9. The summed E-state index contributed by atoms with van der Waals surface area (Å²) in [5.74, 6) is 2.27. The number of nitrogens with zero attached hydrogens (tertiary/aromatic N) is 2. The third-order valence-electron chi connectivity index (χ3n) is 5.33. The molecule has 1 atom stereocenters. The summed E-state index contributed by atoms with van der Waals surface area (Å²) in [6.07, 6.45) is 1.94. The van der Waals surface area contributed by atoms with Gasteiger partial charge in [0.1, 0.15) is 12.4 Å². The predicted octanol–water partition coefficient (Wildman–Crippen LogP) is 4.03. The Balaban J connectivity index is 1.54. The molecule has 1 fully saturated rings. The number of benzene rings is 2. The maximum absolute atomic E-state index is 13.0. The fourth-order valence-corrected chi connectivity index (χ4v) is 3.85. The SMILES string of the molecule is COc1ccc(C2CCCN2C(=O)CN(C)CCOc2ccc(Cl)cc2)cc1OC. The fourth-order valence-electron chi connectivity index (χ4n) is 3.72. The normalized spacial score (nSPS) is 16.0. The second kappa shape index (κ2) is 10.5. The van der Waals surface area contributed by atoms with Crippen molar-refractivity contribution in [3.05, 3.63) is 53.1 Å². The molecule has 1 aliphatic heterocycles. The predicted molar refractivity (Wildman–Crippen MR) is 118 cm³/mol. The summed E-state index contributed by atoms with van der Waals surface area (Å²) < 4.78 is 16.5. The zero-order chi connectivity index (χ0) is 21.5. The van der Waals surface area contributed by atoms with Crippen LogP contribution in [-0.2, 0) is 4.79 Å². The van der Waals surface area contributed by atoms with Crippen molar-refractivity contribution in [3.63, 3.8) is 0 Å². The molecular weight excluding hydrogens is 404 g/mol. The van der Waals surface area contributed by atoms with Gasteiger partial charge in [-0.25, -0.2) is 0 Å². The van der Waals surface area contributed by atoms with Crippen LogP contribution in [0.5, 0.6) is 17.2 Å². The molecule has 0 spiro atoms. The van der Waals surface area contributed by atoms with Crippen LogP contribution >= 0.6 is 11.6 Å². The molecule has 1 amide bonds. The van der Waals surface area contributed by atoms with E-state index in [1.54, 1.807) is 26.4 Å². The van der Waals surface area contributed by atoms with Crippen LogP contribution in [0.3, 0.4) is 0 Å². The first-order chi connectivity index (χ1) is 14.5. The van der Waals surface area contributed by atoms with Gasteiger partial charge in [0.2, 0.25) is 5.91 Å². The molecule has 0 aromatic heterocycles. The van der Waals surface area contributed by atoms with Crippen molar-refractivity contribution < 1.29 is 19.0 Å². The Morgan fingerprint density at radius 2 is 1.87 bits per heavy atom. The molecule has 0 aliphatic carbocycles. The molecule has 0 N–H and O–H groups in total. The molecule has 3 rings (SSSR count). The molecule has 6 nitrogen and oxygen atoms in total. The van der Waals surface area contributed by atoms with E-state index in [0.717, 1.165) is 30.7 Å². The number of carbonyl (C=O) groups excluding carboxylic acids is 1. The molecule has 0 bridgehead atoms. The largest absolute Gasteiger partial charge is 0.493 e. The molecular formula is C23H29ClN2O4. The van der Waals surface area contributed by atoms with Crippen molar-refractivity contribution in [2.75, 3.05) is 47.5 Å². The molecule has 162 valence electrons. The van der Waals surface area contributed by atoms with E-state index < -0.39 is 0 Å². The topological polar surface area (TPSA) is 51.2 Å². The third kappa shape index (κ3) is 5.58. The minimum Gasteiger partial charge on any atom is -0.493 e. The highest BCUT2D eigenvalue weighted by Crippen LogP contribution is 2.36. The number of likely N-dealkylation sites (tertiary alicyclic amines) is 1. The molecule has 0 radical (unpaired) electrons. The van der Waals surface area contributed by atoms with Crippen molar-refractivity contribution in [2.45, 2.75) is 18.9 Å². The number of halogens is 1. The summed E-state index contributed by atoms with van der Waals surface area (Å²) in [7, 11) is 5.18. The Morgan fingerprint density at radius 3 is 2.57 bits per heavy atom. The fraction of sp³-hybridized carbons (Fsp3) is 0.435. The van der Waals surface area contributed by atoms with Crippen LogP contribution in [0.2, 0.25) is 5.02 Å². The van der Waals surface area contributed by atoms with Gasteiger partial charge < -0.3 is 19.1 Å². The molecule has 1 aliphatic rings. The van der Waals surface area contributed by atoms with Crippen molar-refractivity contribution in [2.24, 2.45) is 0 Å². The van der Waals surface area contributed by atoms with Crippen LogP contribution in [0.25, 0.3) is 0 Å². The van der Waals surface area contributed by atoms with Crippen LogP contribution in [-0.4, -0.2) is 63.2 Å². The summed E-state index contributed by atoms with van der Waals surface area (Å²) in [5.41, 5.74) is 1.08. The van der Waals surface area contributed by atoms with Crippen LogP contribution < -0.4 is 14.2 Å². The lowest BCUT2D eigenvalue weighted by Crippen LogP contribution is -2.39. The first-order valence-electron chi connectivity index (χ1n) is 10.1. The number of likely N-dealkylation sites (N-methyl/N-ethyl adjacent to an activating group) is 1.